The average Bonchev–Trinajstić information content (AvgIpc) is 3.08. The number of piperazine rings is 1. The van der Waals surface area contributed by atoms with Crippen LogP contribution in [0.3, 0.4) is 0 Å². The Morgan fingerprint density at radius 2 is 1.96 bits per heavy atom. The van der Waals surface area contributed by atoms with Gasteiger partial charge in [0.15, 0.2) is 5.96 Å². The number of nitrogens with one attached hydrogen (secondary N) is 1. The predicted octanol–water partition coefficient (Wildman–Crippen LogP) is 1.73. The molecule has 1 saturated heterocycles. The molecular weight excluding hydrogens is 371 g/mol. The summed E-state index contributed by atoms with van der Waals surface area (Å²) < 4.78 is 40.3. The van der Waals surface area contributed by atoms with E-state index in [0.717, 1.165) is 44.0 Å². The minimum atomic E-state index is -4.31. The standard InChI is InChI=1S/C18H24F3N7/c1-22-17(23-11-16-24-13-25-26(16)2)28-8-6-27(7-9-28)12-14-4-3-5-15(10-14)18(19,20)21/h3-5,10,13H,6-9,11-12H2,1-2H3,(H,22,23). The number of hydrogen-bond donors (Lipinski definition) is 1. The van der Waals surface area contributed by atoms with Crippen molar-refractivity contribution in [2.75, 3.05) is 33.2 Å². The molecule has 152 valence electrons. The van der Waals surface area contributed by atoms with E-state index in [-0.39, 0.29) is 0 Å². The van der Waals surface area contributed by atoms with Gasteiger partial charge >= 0.3 is 6.18 Å². The van der Waals surface area contributed by atoms with E-state index in [2.05, 4.69) is 30.2 Å². The lowest BCUT2D eigenvalue weighted by molar-refractivity contribution is -0.137. The highest BCUT2D eigenvalue weighted by Crippen LogP contribution is 2.29. The van der Waals surface area contributed by atoms with Crippen LogP contribution in [0.1, 0.15) is 17.0 Å². The summed E-state index contributed by atoms with van der Waals surface area (Å²) in [5.41, 5.74) is 0.0741. The molecule has 0 aliphatic carbocycles. The highest BCUT2D eigenvalue weighted by molar-refractivity contribution is 5.79. The molecule has 7 nitrogen and oxygen atoms in total. The van der Waals surface area contributed by atoms with Crippen LogP contribution in [0, 0.1) is 0 Å². The zero-order valence-corrected chi connectivity index (χ0v) is 15.9. The van der Waals surface area contributed by atoms with Gasteiger partial charge < -0.3 is 10.2 Å². The van der Waals surface area contributed by atoms with E-state index >= 15 is 0 Å². The predicted molar refractivity (Wildman–Crippen MR) is 99.5 cm³/mol. The normalized spacial score (nSPS) is 16.5. The van der Waals surface area contributed by atoms with E-state index in [4.69, 9.17) is 0 Å². The number of aryl methyl sites for hydroxylation is 1. The van der Waals surface area contributed by atoms with Crippen molar-refractivity contribution in [3.8, 4) is 0 Å². The van der Waals surface area contributed by atoms with Crippen molar-refractivity contribution in [1.29, 1.82) is 0 Å². The van der Waals surface area contributed by atoms with Crippen molar-refractivity contribution in [3.05, 3.63) is 47.5 Å². The lowest BCUT2D eigenvalue weighted by atomic mass is 10.1. The maximum Gasteiger partial charge on any atom is 0.416 e. The molecule has 1 N–H and O–H groups in total. The van der Waals surface area contributed by atoms with Crippen LogP contribution in [0.15, 0.2) is 35.6 Å². The Balaban J connectivity index is 1.52. The average molecular weight is 395 g/mol. The lowest BCUT2D eigenvalue weighted by Crippen LogP contribution is -2.52. The highest BCUT2D eigenvalue weighted by Gasteiger charge is 2.30. The molecular formula is C18H24F3N7. The summed E-state index contributed by atoms with van der Waals surface area (Å²) in [5.74, 6) is 1.59. The smallest absolute Gasteiger partial charge is 0.349 e. The summed E-state index contributed by atoms with van der Waals surface area (Å²) in [7, 11) is 3.56. The number of guanidine groups is 1. The van der Waals surface area contributed by atoms with Gasteiger partial charge in [-0.3, -0.25) is 14.6 Å². The molecule has 28 heavy (non-hydrogen) atoms. The minimum Gasteiger partial charge on any atom is -0.349 e. The van der Waals surface area contributed by atoms with E-state index in [1.165, 1.54) is 18.5 Å². The van der Waals surface area contributed by atoms with Crippen LogP contribution in [-0.2, 0) is 26.3 Å². The number of alkyl halides is 3. The molecule has 1 aromatic carbocycles. The number of aromatic nitrogens is 3. The molecule has 0 radical (unpaired) electrons. The van der Waals surface area contributed by atoms with E-state index in [1.54, 1.807) is 17.8 Å². The molecule has 0 spiro atoms. The third-order valence-corrected chi connectivity index (χ3v) is 4.75. The molecule has 1 aliphatic rings. The van der Waals surface area contributed by atoms with Crippen LogP contribution >= 0.6 is 0 Å². The first-order valence-electron chi connectivity index (χ1n) is 9.04. The van der Waals surface area contributed by atoms with Gasteiger partial charge in [-0.05, 0) is 11.6 Å². The van der Waals surface area contributed by atoms with Crippen LogP contribution in [0.5, 0.6) is 0 Å². The van der Waals surface area contributed by atoms with Crippen LogP contribution in [0.4, 0.5) is 13.2 Å². The minimum absolute atomic E-state index is 0.503. The number of halogens is 3. The maximum absolute atomic E-state index is 12.9. The van der Waals surface area contributed by atoms with Crippen molar-refractivity contribution in [2.45, 2.75) is 19.3 Å². The van der Waals surface area contributed by atoms with Gasteiger partial charge in [0, 0.05) is 46.8 Å². The molecule has 1 fully saturated rings. The monoisotopic (exact) mass is 395 g/mol. The number of hydrogen-bond acceptors (Lipinski definition) is 4. The molecule has 0 atom stereocenters. The second kappa shape index (κ2) is 8.59. The van der Waals surface area contributed by atoms with Crippen LogP contribution in [-0.4, -0.2) is 63.8 Å². The number of rotatable bonds is 4. The lowest BCUT2D eigenvalue weighted by Gasteiger charge is -2.36. The van der Waals surface area contributed by atoms with E-state index in [1.807, 2.05) is 7.05 Å². The summed E-state index contributed by atoms with van der Waals surface area (Å²) in [6, 6.07) is 5.54. The largest absolute Gasteiger partial charge is 0.416 e. The van der Waals surface area contributed by atoms with Gasteiger partial charge in [-0.2, -0.15) is 18.3 Å². The van der Waals surface area contributed by atoms with Crippen molar-refractivity contribution in [1.82, 2.24) is 29.9 Å². The van der Waals surface area contributed by atoms with Crippen LogP contribution < -0.4 is 5.32 Å². The fourth-order valence-corrected chi connectivity index (χ4v) is 3.19. The molecule has 1 aliphatic heterocycles. The van der Waals surface area contributed by atoms with Gasteiger partial charge in [-0.1, -0.05) is 18.2 Å². The molecule has 0 bridgehead atoms. The molecule has 3 rings (SSSR count). The summed E-state index contributed by atoms with van der Waals surface area (Å²) in [6.45, 7) is 4.02. The van der Waals surface area contributed by atoms with Gasteiger partial charge in [0.2, 0.25) is 0 Å². The van der Waals surface area contributed by atoms with Crippen LogP contribution in [0.2, 0.25) is 0 Å². The fourth-order valence-electron chi connectivity index (χ4n) is 3.19. The molecule has 2 heterocycles. The third-order valence-electron chi connectivity index (χ3n) is 4.75. The van der Waals surface area contributed by atoms with Gasteiger partial charge in [-0.25, -0.2) is 4.98 Å². The zero-order chi connectivity index (χ0) is 20.1. The summed E-state index contributed by atoms with van der Waals surface area (Å²) >= 11 is 0. The quantitative estimate of drug-likeness (QED) is 0.631. The molecule has 0 amide bonds. The first-order chi connectivity index (χ1) is 13.4. The first-order valence-corrected chi connectivity index (χ1v) is 9.04. The molecule has 0 unspecified atom stereocenters. The zero-order valence-electron chi connectivity index (χ0n) is 15.9. The molecule has 0 saturated carbocycles. The maximum atomic E-state index is 12.9. The Hall–Kier alpha value is -2.62. The Morgan fingerprint density at radius 1 is 1.21 bits per heavy atom. The molecule has 1 aromatic heterocycles. The Morgan fingerprint density at radius 3 is 2.57 bits per heavy atom. The second-order valence-corrected chi connectivity index (χ2v) is 6.66. The van der Waals surface area contributed by atoms with Gasteiger partial charge in [-0.15, -0.1) is 0 Å². The van der Waals surface area contributed by atoms with Gasteiger partial charge in [0.05, 0.1) is 12.1 Å². The second-order valence-electron chi connectivity index (χ2n) is 6.66. The summed E-state index contributed by atoms with van der Waals surface area (Å²) in [4.78, 5) is 12.8. The topological polar surface area (TPSA) is 61.6 Å². The van der Waals surface area contributed by atoms with E-state index in [9.17, 15) is 13.2 Å². The van der Waals surface area contributed by atoms with E-state index < -0.39 is 11.7 Å². The Bertz CT molecular complexity index is 808. The Kier molecular flexibility index (Phi) is 6.18. The summed E-state index contributed by atoms with van der Waals surface area (Å²) in [6.07, 6.45) is -2.80. The number of nitrogens with zero attached hydrogens (tertiary/aromatic N) is 6. The van der Waals surface area contributed by atoms with Crippen molar-refractivity contribution in [3.63, 3.8) is 0 Å². The third kappa shape index (κ3) is 5.00. The fraction of sp³-hybridized carbons (Fsp3) is 0.500. The molecule has 2 aromatic rings. The first kappa shape index (κ1) is 20.1. The van der Waals surface area contributed by atoms with Crippen molar-refractivity contribution < 1.29 is 13.2 Å². The van der Waals surface area contributed by atoms with E-state index in [0.29, 0.717) is 18.7 Å². The van der Waals surface area contributed by atoms with Gasteiger partial charge in [0.1, 0.15) is 12.2 Å². The highest BCUT2D eigenvalue weighted by atomic mass is 19.4. The summed E-state index contributed by atoms with van der Waals surface area (Å²) in [5, 5.41) is 7.32. The number of aliphatic imine (C=N–C) groups is 1. The number of benzene rings is 1. The van der Waals surface area contributed by atoms with Gasteiger partial charge in [0.25, 0.3) is 0 Å². The van der Waals surface area contributed by atoms with Crippen molar-refractivity contribution in [2.24, 2.45) is 12.0 Å². The Labute approximate surface area is 161 Å². The van der Waals surface area contributed by atoms with Crippen LogP contribution in [0.25, 0.3) is 0 Å². The van der Waals surface area contributed by atoms with Crippen molar-refractivity contribution >= 4 is 5.96 Å². The SMILES string of the molecule is CN=C(NCc1ncnn1C)N1CCN(Cc2cccc(C(F)(F)F)c2)CC1. The molecule has 10 heteroatoms.